The Balaban J connectivity index is 1.79. The zero-order valence-corrected chi connectivity index (χ0v) is 28.0. The van der Waals surface area contributed by atoms with E-state index in [9.17, 15) is 28.2 Å². The minimum absolute atomic E-state index is 0.0205. The van der Waals surface area contributed by atoms with Crippen LogP contribution in [-0.4, -0.2) is 79.7 Å². The number of alkyl carbamates (subject to hydrolysis) is 1. The molecule has 4 N–H and O–H groups in total. The summed E-state index contributed by atoms with van der Waals surface area (Å²) in [5.41, 5.74) is 1.83. The predicted octanol–water partition coefficient (Wildman–Crippen LogP) is 4.81. The molecule has 0 aliphatic carbocycles. The summed E-state index contributed by atoms with van der Waals surface area (Å²) in [7, 11) is -3.04. The van der Waals surface area contributed by atoms with Gasteiger partial charge in [0.1, 0.15) is 6.04 Å². The molecule has 0 spiro atoms. The molecule has 3 aromatic rings. The number of ether oxygens (including phenoxy) is 1. The maximum atomic E-state index is 15.4. The summed E-state index contributed by atoms with van der Waals surface area (Å²) in [6.45, 7) is -0.0941. The zero-order chi connectivity index (χ0) is 35.2. The molecule has 10 nitrogen and oxygen atoms in total. The normalized spacial score (nSPS) is 13.2. The summed E-state index contributed by atoms with van der Waals surface area (Å²) in [5.74, 6) is -5.10. The molecule has 0 saturated heterocycles. The van der Waals surface area contributed by atoms with Gasteiger partial charge in [0.2, 0.25) is 15.9 Å². The smallest absolute Gasteiger partial charge is 0.407 e. The number of aliphatic hydroxyl groups excluding tert-OH is 2. The average Bonchev–Trinajstić information content (AvgIpc) is 3.10. The Kier molecular flexibility index (Phi) is 14.9. The Hall–Kier alpha value is -3.91. The number of sulfonamides is 1. The summed E-state index contributed by atoms with van der Waals surface area (Å²) in [6.07, 6.45) is -0.186. The highest BCUT2D eigenvalue weighted by atomic mass is 32.2. The molecule has 13 heteroatoms. The molecular weight excluding hydrogens is 644 g/mol. The first-order valence-corrected chi connectivity index (χ1v) is 17.3. The molecule has 48 heavy (non-hydrogen) atoms. The van der Waals surface area contributed by atoms with E-state index in [1.165, 1.54) is 24.3 Å². The van der Waals surface area contributed by atoms with Crippen LogP contribution in [0.15, 0.2) is 89.8 Å². The number of nitrogens with zero attached hydrogens (tertiary/aromatic N) is 1. The maximum Gasteiger partial charge on any atom is 0.407 e. The van der Waals surface area contributed by atoms with Crippen LogP contribution in [0.4, 0.5) is 13.6 Å². The maximum absolute atomic E-state index is 15.4. The number of nitrogens with one attached hydrogen (secondary N) is 2. The van der Waals surface area contributed by atoms with E-state index in [0.29, 0.717) is 29.5 Å². The largest absolute Gasteiger partial charge is 0.453 e. The first kappa shape index (κ1) is 38.5. The molecule has 3 aromatic carbocycles. The fourth-order valence-corrected chi connectivity index (χ4v) is 7.11. The van der Waals surface area contributed by atoms with Gasteiger partial charge in [-0.1, -0.05) is 92.6 Å². The van der Waals surface area contributed by atoms with Crippen LogP contribution in [0.2, 0.25) is 0 Å². The summed E-state index contributed by atoms with van der Waals surface area (Å²) in [4.78, 5) is 25.8. The van der Waals surface area contributed by atoms with Crippen LogP contribution in [0.25, 0.3) is 0 Å². The van der Waals surface area contributed by atoms with Crippen LogP contribution in [0.5, 0.6) is 0 Å². The lowest BCUT2D eigenvalue weighted by Crippen LogP contribution is -2.52. The molecule has 1 unspecified atom stereocenters. The van der Waals surface area contributed by atoms with Crippen molar-refractivity contribution in [1.82, 2.24) is 14.9 Å². The number of alkyl halides is 2. The number of rotatable bonds is 19. The second-order valence-electron chi connectivity index (χ2n) is 11.5. The van der Waals surface area contributed by atoms with Gasteiger partial charge in [0.15, 0.2) is 0 Å². The molecule has 0 heterocycles. The molecular formula is C35H45F2N3O7S. The Bertz CT molecular complexity index is 1490. The van der Waals surface area contributed by atoms with E-state index >= 15 is 8.78 Å². The monoisotopic (exact) mass is 689 g/mol. The van der Waals surface area contributed by atoms with Crippen molar-refractivity contribution in [3.05, 3.63) is 102 Å². The average molecular weight is 690 g/mol. The minimum Gasteiger partial charge on any atom is -0.453 e. The molecule has 0 saturated carbocycles. The second kappa shape index (κ2) is 18.6. The van der Waals surface area contributed by atoms with E-state index in [1.54, 1.807) is 60.7 Å². The van der Waals surface area contributed by atoms with Gasteiger partial charge in [0, 0.05) is 24.9 Å². The van der Waals surface area contributed by atoms with E-state index in [2.05, 4.69) is 10.6 Å². The molecule has 0 aliphatic heterocycles. The van der Waals surface area contributed by atoms with Gasteiger partial charge in [0.05, 0.1) is 31.8 Å². The van der Waals surface area contributed by atoms with Gasteiger partial charge in [-0.25, -0.2) is 22.0 Å². The standard InChI is InChI=1S/C35H45F2N3O7S/c1-3-4-11-22-40(48(45,46)30-18-16-26(23-41)17-19-30)29(24-42)20-21-35(36,37)25-38-33(43)32(39-34(44)47-2)31(27-12-7-5-8-13-27)28-14-9-6-10-15-28/h5-10,12-19,29,31-32,41-42H,3-4,11,20-25H2,1-2H3,(H,38,43)(H,39,44)/t29?,32-/m0/s1. The third kappa shape index (κ3) is 10.8. The van der Waals surface area contributed by atoms with E-state index in [1.807, 2.05) is 6.92 Å². The van der Waals surface area contributed by atoms with Crippen LogP contribution < -0.4 is 10.6 Å². The quantitative estimate of drug-likeness (QED) is 0.132. The third-order valence-corrected chi connectivity index (χ3v) is 10.0. The molecule has 2 atom stereocenters. The minimum atomic E-state index is -4.17. The van der Waals surface area contributed by atoms with Crippen molar-refractivity contribution < 1.29 is 41.7 Å². The number of amides is 2. The van der Waals surface area contributed by atoms with Crippen molar-refractivity contribution in [3.8, 4) is 0 Å². The van der Waals surface area contributed by atoms with Crippen LogP contribution in [0.3, 0.4) is 0 Å². The van der Waals surface area contributed by atoms with Crippen molar-refractivity contribution in [2.24, 2.45) is 0 Å². The van der Waals surface area contributed by atoms with Gasteiger partial charge >= 0.3 is 6.09 Å². The lowest BCUT2D eigenvalue weighted by molar-refractivity contribution is -0.125. The summed E-state index contributed by atoms with van der Waals surface area (Å²) >= 11 is 0. The number of benzene rings is 3. The molecule has 262 valence electrons. The van der Waals surface area contributed by atoms with Gasteiger partial charge in [-0.15, -0.1) is 0 Å². The van der Waals surface area contributed by atoms with Crippen LogP contribution in [0.1, 0.15) is 61.6 Å². The number of carbonyl (C=O) groups is 2. The number of unbranched alkanes of at least 4 members (excludes halogenated alkanes) is 2. The molecule has 0 radical (unpaired) electrons. The molecule has 0 fully saturated rings. The lowest BCUT2D eigenvalue weighted by atomic mass is 9.84. The van der Waals surface area contributed by atoms with E-state index in [-0.39, 0.29) is 24.5 Å². The number of carbonyl (C=O) groups excluding carboxylic acids is 2. The van der Waals surface area contributed by atoms with Gasteiger partial charge in [0.25, 0.3) is 5.92 Å². The number of aliphatic hydroxyl groups is 2. The molecule has 3 rings (SSSR count). The topological polar surface area (TPSA) is 145 Å². The van der Waals surface area contributed by atoms with E-state index < -0.39 is 65.5 Å². The second-order valence-corrected chi connectivity index (χ2v) is 13.4. The molecule has 0 aliphatic rings. The van der Waals surface area contributed by atoms with E-state index in [4.69, 9.17) is 4.74 Å². The van der Waals surface area contributed by atoms with Gasteiger partial charge in [-0.05, 0) is 41.7 Å². The number of hydrogen-bond donors (Lipinski definition) is 4. The van der Waals surface area contributed by atoms with Crippen LogP contribution in [-0.2, 0) is 26.2 Å². The fraction of sp³-hybridized carbons (Fsp3) is 0.429. The molecule has 2 amide bonds. The Morgan fingerprint density at radius 2 is 1.50 bits per heavy atom. The third-order valence-electron chi connectivity index (χ3n) is 8.07. The number of halogens is 2. The predicted molar refractivity (Wildman–Crippen MR) is 178 cm³/mol. The van der Waals surface area contributed by atoms with E-state index in [0.717, 1.165) is 17.8 Å². The summed E-state index contributed by atoms with van der Waals surface area (Å²) in [6, 6.07) is 20.8. The van der Waals surface area contributed by atoms with Crippen LogP contribution >= 0.6 is 0 Å². The highest BCUT2D eigenvalue weighted by Crippen LogP contribution is 2.30. The summed E-state index contributed by atoms with van der Waals surface area (Å²) < 4.78 is 63.8. The Morgan fingerprint density at radius 1 is 0.917 bits per heavy atom. The zero-order valence-electron chi connectivity index (χ0n) is 27.2. The van der Waals surface area contributed by atoms with Crippen molar-refractivity contribution in [2.75, 3.05) is 26.8 Å². The highest BCUT2D eigenvalue weighted by Gasteiger charge is 2.38. The fourth-order valence-electron chi connectivity index (χ4n) is 5.42. The van der Waals surface area contributed by atoms with Crippen molar-refractivity contribution >= 4 is 22.0 Å². The van der Waals surface area contributed by atoms with Crippen molar-refractivity contribution in [2.45, 2.75) is 74.5 Å². The molecule has 0 aromatic heterocycles. The number of hydrogen-bond acceptors (Lipinski definition) is 7. The first-order valence-electron chi connectivity index (χ1n) is 15.9. The molecule has 0 bridgehead atoms. The Morgan fingerprint density at radius 3 is 2.00 bits per heavy atom. The lowest BCUT2D eigenvalue weighted by Gasteiger charge is -2.31. The summed E-state index contributed by atoms with van der Waals surface area (Å²) in [5, 5.41) is 24.3. The highest BCUT2D eigenvalue weighted by molar-refractivity contribution is 7.89. The Labute approximate surface area is 281 Å². The SMILES string of the molecule is CCCCCN(C(CO)CCC(F)(F)CNC(=O)[C@@H](NC(=O)OC)C(c1ccccc1)c1ccccc1)S(=O)(=O)c1ccc(CO)cc1. The van der Waals surface area contributed by atoms with Crippen molar-refractivity contribution in [3.63, 3.8) is 0 Å². The van der Waals surface area contributed by atoms with Crippen molar-refractivity contribution in [1.29, 1.82) is 0 Å². The van der Waals surface area contributed by atoms with Gasteiger partial charge < -0.3 is 25.6 Å². The van der Waals surface area contributed by atoms with Crippen LogP contribution in [0, 0.1) is 0 Å². The first-order chi connectivity index (χ1) is 23.0. The number of methoxy groups -OCH3 is 1. The van der Waals surface area contributed by atoms with Gasteiger partial charge in [-0.2, -0.15) is 4.31 Å². The van der Waals surface area contributed by atoms with Gasteiger partial charge in [-0.3, -0.25) is 4.79 Å².